The Hall–Kier alpha value is -2.44. The van der Waals surface area contributed by atoms with Crippen LogP contribution in [0.25, 0.3) is 0 Å². The molecule has 0 radical (unpaired) electrons. The van der Waals surface area contributed by atoms with E-state index in [9.17, 15) is 18.0 Å². The molecule has 2 aromatic rings. The third kappa shape index (κ3) is 5.77. The molecule has 0 saturated heterocycles. The van der Waals surface area contributed by atoms with E-state index in [1.54, 1.807) is 12.4 Å². The van der Waals surface area contributed by atoms with Gasteiger partial charge in [0.2, 0.25) is 0 Å². The van der Waals surface area contributed by atoms with Gasteiger partial charge in [0.05, 0.1) is 5.56 Å². The number of amides is 1. The number of hydrogen-bond acceptors (Lipinski definition) is 3. The van der Waals surface area contributed by atoms with Gasteiger partial charge in [0, 0.05) is 30.6 Å². The number of halogens is 3. The Morgan fingerprint density at radius 1 is 1.15 bits per heavy atom. The Labute approximate surface area is 157 Å². The maximum absolute atomic E-state index is 12.6. The summed E-state index contributed by atoms with van der Waals surface area (Å²) in [5.41, 5.74) is 1.14. The molecule has 0 saturated carbocycles. The van der Waals surface area contributed by atoms with E-state index >= 15 is 0 Å². The molecule has 2 heterocycles. The summed E-state index contributed by atoms with van der Waals surface area (Å²) in [5.74, 6) is -0.0551. The topological polar surface area (TPSA) is 54.9 Å². The van der Waals surface area contributed by atoms with E-state index in [0.717, 1.165) is 29.7 Å². The van der Waals surface area contributed by atoms with Crippen LogP contribution in [0.15, 0.2) is 36.8 Å². The predicted molar refractivity (Wildman–Crippen MR) is 97.3 cm³/mol. The highest BCUT2D eigenvalue weighted by Gasteiger charge is 2.31. The van der Waals surface area contributed by atoms with Gasteiger partial charge >= 0.3 is 6.18 Å². The Bertz CT molecular complexity index is 773. The number of carbonyl (C=O) groups is 1. The van der Waals surface area contributed by atoms with Gasteiger partial charge in [-0.25, -0.2) is 0 Å². The Morgan fingerprint density at radius 2 is 1.85 bits per heavy atom. The van der Waals surface area contributed by atoms with Gasteiger partial charge in [-0.2, -0.15) is 13.2 Å². The Kier molecular flexibility index (Phi) is 6.57. The molecule has 0 aliphatic carbocycles. The molecule has 146 valence electrons. The lowest BCUT2D eigenvalue weighted by Crippen LogP contribution is -2.38. The molecule has 0 bridgehead atoms. The van der Waals surface area contributed by atoms with Crippen LogP contribution in [0.5, 0.6) is 0 Å². The average Bonchev–Trinajstić information content (AvgIpc) is 2.58. The molecule has 2 unspecified atom stereocenters. The van der Waals surface area contributed by atoms with Crippen molar-refractivity contribution < 1.29 is 18.0 Å². The fourth-order valence-corrected chi connectivity index (χ4v) is 3.00. The van der Waals surface area contributed by atoms with Crippen LogP contribution in [-0.4, -0.2) is 21.9 Å². The molecule has 0 aliphatic heterocycles. The van der Waals surface area contributed by atoms with E-state index in [-0.39, 0.29) is 17.7 Å². The minimum atomic E-state index is -4.48. The molecule has 0 aliphatic rings. The lowest BCUT2D eigenvalue weighted by Gasteiger charge is -2.27. The van der Waals surface area contributed by atoms with Crippen molar-refractivity contribution in [3.8, 4) is 0 Å². The predicted octanol–water partition coefficient (Wildman–Crippen LogP) is 4.75. The molecule has 0 aromatic carbocycles. The van der Waals surface area contributed by atoms with Gasteiger partial charge in [0.15, 0.2) is 0 Å². The normalized spacial score (nSPS) is 14.1. The Morgan fingerprint density at radius 3 is 2.37 bits per heavy atom. The summed E-state index contributed by atoms with van der Waals surface area (Å²) in [5, 5.41) is 2.87. The third-order valence-electron chi connectivity index (χ3n) is 4.34. The van der Waals surface area contributed by atoms with Gasteiger partial charge in [0.25, 0.3) is 5.91 Å². The van der Waals surface area contributed by atoms with Gasteiger partial charge in [-0.05, 0) is 49.4 Å². The van der Waals surface area contributed by atoms with Crippen molar-refractivity contribution in [1.82, 2.24) is 15.3 Å². The van der Waals surface area contributed by atoms with Crippen molar-refractivity contribution in [3.05, 3.63) is 59.2 Å². The third-order valence-corrected chi connectivity index (χ3v) is 4.34. The molecule has 1 N–H and O–H groups in total. The summed E-state index contributed by atoms with van der Waals surface area (Å²) in [6, 6.07) is 3.77. The maximum Gasteiger partial charge on any atom is 0.417 e. The van der Waals surface area contributed by atoms with Crippen molar-refractivity contribution in [2.24, 2.45) is 5.92 Å². The number of nitrogens with one attached hydrogen (secondary N) is 1. The number of aromatic nitrogens is 2. The number of alkyl halides is 3. The largest absolute Gasteiger partial charge is 0.417 e. The molecule has 0 fully saturated rings. The summed E-state index contributed by atoms with van der Waals surface area (Å²) in [7, 11) is 0. The van der Waals surface area contributed by atoms with Gasteiger partial charge in [-0.1, -0.05) is 19.9 Å². The highest BCUT2D eigenvalue weighted by atomic mass is 19.4. The van der Waals surface area contributed by atoms with Crippen LogP contribution in [0.3, 0.4) is 0 Å². The number of aryl methyl sites for hydroxylation is 1. The molecule has 0 spiro atoms. The molecular formula is C20H24F3N3O. The average molecular weight is 379 g/mol. The number of rotatable bonds is 6. The van der Waals surface area contributed by atoms with Gasteiger partial charge in [-0.15, -0.1) is 0 Å². The number of nitrogens with zero attached hydrogens (tertiary/aromatic N) is 2. The van der Waals surface area contributed by atoms with Crippen LogP contribution in [0.4, 0.5) is 13.2 Å². The highest BCUT2D eigenvalue weighted by Crippen LogP contribution is 2.29. The van der Waals surface area contributed by atoms with Crippen LogP contribution in [-0.2, 0) is 6.18 Å². The molecule has 1 amide bonds. The SMILES string of the molecule is Cc1cncc(C(CC(C)C)C(C)NC(=O)c2ccc(C(F)(F)F)cn2)c1. The monoisotopic (exact) mass is 379 g/mol. The summed E-state index contributed by atoms with van der Waals surface area (Å²) >= 11 is 0. The molecule has 2 atom stereocenters. The second kappa shape index (κ2) is 8.50. The molecule has 2 aromatic heterocycles. The lowest BCUT2D eigenvalue weighted by atomic mass is 9.85. The van der Waals surface area contributed by atoms with E-state index in [1.165, 1.54) is 0 Å². The zero-order chi connectivity index (χ0) is 20.2. The fourth-order valence-electron chi connectivity index (χ4n) is 3.00. The van der Waals surface area contributed by atoms with Gasteiger partial charge < -0.3 is 5.32 Å². The van der Waals surface area contributed by atoms with Crippen LogP contribution in [0.1, 0.15) is 60.3 Å². The van der Waals surface area contributed by atoms with E-state index in [1.807, 2.05) is 19.9 Å². The minimum Gasteiger partial charge on any atom is -0.348 e. The second-order valence-electron chi connectivity index (χ2n) is 7.22. The fraction of sp³-hybridized carbons (Fsp3) is 0.450. The smallest absolute Gasteiger partial charge is 0.348 e. The van der Waals surface area contributed by atoms with Crippen LogP contribution in [0, 0.1) is 12.8 Å². The zero-order valence-corrected chi connectivity index (χ0v) is 15.8. The van der Waals surface area contributed by atoms with Crippen LogP contribution < -0.4 is 5.32 Å². The quantitative estimate of drug-likeness (QED) is 0.788. The number of hydrogen-bond donors (Lipinski definition) is 1. The standard InChI is InChI=1S/C20H24F3N3O/c1-12(2)7-17(15-8-13(3)9-24-10-15)14(4)26-19(27)18-6-5-16(11-25-18)20(21,22)23/h5-6,8-12,14,17H,7H2,1-4H3,(H,26,27). The molecular weight excluding hydrogens is 355 g/mol. The zero-order valence-electron chi connectivity index (χ0n) is 15.8. The van der Waals surface area contributed by atoms with Crippen LogP contribution >= 0.6 is 0 Å². The molecule has 7 heteroatoms. The second-order valence-corrected chi connectivity index (χ2v) is 7.22. The van der Waals surface area contributed by atoms with Crippen molar-refractivity contribution in [3.63, 3.8) is 0 Å². The van der Waals surface area contributed by atoms with Crippen molar-refractivity contribution >= 4 is 5.91 Å². The molecule has 2 rings (SSSR count). The lowest BCUT2D eigenvalue weighted by molar-refractivity contribution is -0.137. The van der Waals surface area contributed by atoms with Crippen molar-refractivity contribution in [2.75, 3.05) is 0 Å². The van der Waals surface area contributed by atoms with Crippen molar-refractivity contribution in [2.45, 2.75) is 52.3 Å². The maximum atomic E-state index is 12.6. The van der Waals surface area contributed by atoms with Gasteiger partial charge in [0.1, 0.15) is 5.69 Å². The van der Waals surface area contributed by atoms with E-state index in [0.29, 0.717) is 12.1 Å². The first kappa shape index (κ1) is 20.9. The first-order valence-corrected chi connectivity index (χ1v) is 8.83. The Balaban J connectivity index is 2.16. The molecule has 4 nitrogen and oxygen atoms in total. The first-order valence-electron chi connectivity index (χ1n) is 8.83. The van der Waals surface area contributed by atoms with Crippen molar-refractivity contribution in [1.29, 1.82) is 0 Å². The van der Waals surface area contributed by atoms with Crippen LogP contribution in [0.2, 0.25) is 0 Å². The van der Waals surface area contributed by atoms with E-state index in [4.69, 9.17) is 0 Å². The number of carbonyl (C=O) groups excluding carboxylic acids is 1. The first-order chi connectivity index (χ1) is 12.6. The highest BCUT2D eigenvalue weighted by molar-refractivity contribution is 5.92. The molecule has 27 heavy (non-hydrogen) atoms. The van der Waals surface area contributed by atoms with Gasteiger partial charge in [-0.3, -0.25) is 14.8 Å². The summed E-state index contributed by atoms with van der Waals surface area (Å²) in [4.78, 5) is 20.3. The summed E-state index contributed by atoms with van der Waals surface area (Å²) in [6.45, 7) is 8.04. The summed E-state index contributed by atoms with van der Waals surface area (Å²) < 4.78 is 37.9. The summed E-state index contributed by atoms with van der Waals surface area (Å²) in [6.07, 6.45) is 0.600. The number of pyridine rings is 2. The van der Waals surface area contributed by atoms with E-state index < -0.39 is 17.6 Å². The van der Waals surface area contributed by atoms with E-state index in [2.05, 4.69) is 29.1 Å². The minimum absolute atomic E-state index is 0.0378.